The fraction of sp³-hybridized carbons (Fsp3) is 0.500. The van der Waals surface area contributed by atoms with Crippen LogP contribution in [0.1, 0.15) is 68.4 Å². The van der Waals surface area contributed by atoms with Crippen molar-refractivity contribution in [2.75, 3.05) is 0 Å². The maximum Gasteiger partial charge on any atom is 0.306 e. The lowest BCUT2D eigenvalue weighted by Crippen LogP contribution is -2.43. The number of rotatable bonds is 12. The second-order valence-corrected chi connectivity index (χ2v) is 9.93. The van der Waals surface area contributed by atoms with Crippen molar-refractivity contribution in [3.63, 3.8) is 0 Å². The van der Waals surface area contributed by atoms with Crippen LogP contribution in [0.2, 0.25) is 0 Å². The second kappa shape index (κ2) is 12.9. The second-order valence-electron chi connectivity index (χ2n) is 9.93. The first kappa shape index (κ1) is 27.7. The molecule has 0 radical (unpaired) electrons. The molecule has 0 amide bonds. The summed E-state index contributed by atoms with van der Waals surface area (Å²) >= 11 is 0. The minimum atomic E-state index is -0.926. The monoisotopic (exact) mass is 522 g/mol. The van der Waals surface area contributed by atoms with Crippen LogP contribution < -0.4 is 15.4 Å². The molecule has 0 bridgehead atoms. The smallest absolute Gasteiger partial charge is 0.306 e. The van der Waals surface area contributed by atoms with Crippen LogP contribution in [0.5, 0.6) is 5.75 Å². The minimum absolute atomic E-state index is 0.0274. The van der Waals surface area contributed by atoms with Crippen LogP contribution in [-0.2, 0) is 18.4 Å². The lowest BCUT2D eigenvalue weighted by Gasteiger charge is -2.27. The molecule has 1 aromatic carbocycles. The fourth-order valence-corrected chi connectivity index (χ4v) is 5.00. The fourth-order valence-electron chi connectivity index (χ4n) is 5.00. The van der Waals surface area contributed by atoms with Crippen molar-refractivity contribution in [3.05, 3.63) is 59.4 Å². The van der Waals surface area contributed by atoms with Crippen molar-refractivity contribution in [2.45, 2.75) is 77.4 Å². The number of carbonyl (C=O) groups is 1. The van der Waals surface area contributed by atoms with Gasteiger partial charge in [-0.25, -0.2) is 4.98 Å². The average molecular weight is 523 g/mol. The molecule has 0 saturated heterocycles. The third-order valence-corrected chi connectivity index (χ3v) is 7.09. The predicted molar refractivity (Wildman–Crippen MR) is 143 cm³/mol. The molecule has 2 aromatic heterocycles. The van der Waals surface area contributed by atoms with Gasteiger partial charge in [0.15, 0.2) is 6.35 Å². The van der Waals surface area contributed by atoms with E-state index in [9.17, 15) is 15.0 Å². The first-order valence-electron chi connectivity index (χ1n) is 13.3. The van der Waals surface area contributed by atoms with E-state index in [-0.39, 0.29) is 18.1 Å². The number of aromatic nitrogens is 4. The normalized spacial score (nSPS) is 19.2. The Morgan fingerprint density at radius 1 is 1.21 bits per heavy atom. The molecule has 3 aromatic rings. The highest BCUT2D eigenvalue weighted by Gasteiger charge is 2.28. The Hall–Kier alpha value is -3.34. The van der Waals surface area contributed by atoms with Gasteiger partial charge in [0, 0.05) is 19.6 Å². The van der Waals surface area contributed by atoms with E-state index < -0.39 is 12.3 Å². The van der Waals surface area contributed by atoms with E-state index in [1.54, 1.807) is 4.68 Å². The quantitative estimate of drug-likeness (QED) is 0.263. The van der Waals surface area contributed by atoms with Gasteiger partial charge >= 0.3 is 5.97 Å². The van der Waals surface area contributed by atoms with Gasteiger partial charge in [-0.05, 0) is 56.7 Å². The van der Waals surface area contributed by atoms with Gasteiger partial charge in [0.2, 0.25) is 0 Å². The summed E-state index contributed by atoms with van der Waals surface area (Å²) in [6.45, 7) is 4.33. The molecule has 2 heterocycles. The third kappa shape index (κ3) is 6.94. The van der Waals surface area contributed by atoms with Crippen LogP contribution in [0.3, 0.4) is 0 Å². The molecule has 10 heteroatoms. The summed E-state index contributed by atoms with van der Waals surface area (Å²) in [5.41, 5.74) is 3.90. The minimum Gasteiger partial charge on any atom is -0.489 e. The number of pyridine rings is 1. The van der Waals surface area contributed by atoms with E-state index in [0.717, 1.165) is 36.9 Å². The van der Waals surface area contributed by atoms with Crippen LogP contribution in [0, 0.1) is 12.8 Å². The zero-order chi connectivity index (χ0) is 27.1. The highest BCUT2D eigenvalue weighted by Crippen LogP contribution is 2.30. The van der Waals surface area contributed by atoms with Crippen LogP contribution in [0.25, 0.3) is 11.4 Å². The first-order chi connectivity index (χ1) is 18.4. The number of carboxylic acids is 1. The van der Waals surface area contributed by atoms with Crippen molar-refractivity contribution in [1.29, 1.82) is 0 Å². The maximum atomic E-state index is 11.4. The molecule has 1 aliphatic rings. The number of hydrogen-bond donors (Lipinski definition) is 4. The van der Waals surface area contributed by atoms with E-state index in [1.165, 1.54) is 0 Å². The topological polar surface area (TPSA) is 134 Å². The first-order valence-corrected chi connectivity index (χ1v) is 13.3. The van der Waals surface area contributed by atoms with Crippen LogP contribution in [0.15, 0.2) is 42.5 Å². The van der Waals surface area contributed by atoms with Gasteiger partial charge in [0.05, 0.1) is 29.1 Å². The van der Waals surface area contributed by atoms with Crippen molar-refractivity contribution in [3.8, 4) is 17.1 Å². The molecule has 204 valence electrons. The lowest BCUT2D eigenvalue weighted by atomic mass is 9.87. The number of benzene rings is 1. The summed E-state index contributed by atoms with van der Waals surface area (Å²) < 4.78 is 7.82. The molecular formula is C28H38N6O4. The zero-order valence-corrected chi connectivity index (χ0v) is 22.3. The van der Waals surface area contributed by atoms with Crippen LogP contribution in [-0.4, -0.2) is 48.6 Å². The lowest BCUT2D eigenvalue weighted by molar-refractivity contribution is -0.143. The number of aliphatic hydroxyl groups is 1. The number of carboxylic acid groups (broad SMARTS) is 1. The Balaban J connectivity index is 1.41. The summed E-state index contributed by atoms with van der Waals surface area (Å²) in [5, 5.41) is 35.0. The highest BCUT2D eigenvalue weighted by molar-refractivity contribution is 5.70. The van der Waals surface area contributed by atoms with Gasteiger partial charge in [-0.3, -0.25) is 20.1 Å². The van der Waals surface area contributed by atoms with E-state index in [4.69, 9.17) is 9.72 Å². The molecule has 0 spiro atoms. The van der Waals surface area contributed by atoms with Crippen molar-refractivity contribution in [2.24, 2.45) is 13.0 Å². The number of ether oxygens (including phenoxy) is 1. The molecule has 4 N–H and O–H groups in total. The molecule has 2 unspecified atom stereocenters. The Kier molecular flexibility index (Phi) is 9.43. The third-order valence-electron chi connectivity index (χ3n) is 7.09. The highest BCUT2D eigenvalue weighted by atomic mass is 16.5. The molecule has 1 saturated carbocycles. The summed E-state index contributed by atoms with van der Waals surface area (Å²) in [5.74, 6) is -0.463. The molecule has 4 rings (SSSR count). The average Bonchev–Trinajstić information content (AvgIpc) is 3.29. The molecule has 4 atom stereocenters. The van der Waals surface area contributed by atoms with Crippen molar-refractivity contribution < 1.29 is 19.7 Å². The van der Waals surface area contributed by atoms with Crippen LogP contribution in [0.4, 0.5) is 0 Å². The molecular weight excluding hydrogens is 484 g/mol. The van der Waals surface area contributed by atoms with Gasteiger partial charge in [-0.15, -0.1) is 5.10 Å². The SMILES string of the molecule is CCCC(NC(O)NCc1c(-c2ccc(O[C@H]3CCC[C@H](C(=O)O)C3)c(C)n2)nnn1C)c1ccccc1. The Labute approximate surface area is 223 Å². The molecule has 10 nitrogen and oxygen atoms in total. The summed E-state index contributed by atoms with van der Waals surface area (Å²) in [6, 6.07) is 13.8. The molecule has 1 aliphatic carbocycles. The molecule has 0 aliphatic heterocycles. The maximum absolute atomic E-state index is 11.4. The molecule has 1 fully saturated rings. The van der Waals surface area contributed by atoms with E-state index >= 15 is 0 Å². The predicted octanol–water partition coefficient (Wildman–Crippen LogP) is 3.70. The standard InChI is InChI=1S/C28H38N6O4/c1-4-9-22(19-10-6-5-7-11-19)31-28(37)29-17-24-26(32-33-34(24)3)23-14-15-25(18(2)30-23)38-21-13-8-12-20(16-21)27(35)36/h5-7,10-11,14-15,20-22,28-29,31,37H,4,8-9,12-13,16-17H2,1-3H3,(H,35,36)/t20-,21-,22?,28?/m0/s1. The van der Waals surface area contributed by atoms with E-state index in [2.05, 4.69) is 40.0 Å². The van der Waals surface area contributed by atoms with Crippen LogP contribution >= 0.6 is 0 Å². The van der Waals surface area contributed by atoms with E-state index in [1.807, 2.05) is 44.3 Å². The summed E-state index contributed by atoms with van der Waals surface area (Å²) in [6.07, 6.45) is 3.72. The summed E-state index contributed by atoms with van der Waals surface area (Å²) in [7, 11) is 1.81. The number of aryl methyl sites for hydroxylation is 2. The zero-order valence-electron chi connectivity index (χ0n) is 22.3. The largest absolute Gasteiger partial charge is 0.489 e. The molecule has 38 heavy (non-hydrogen) atoms. The number of aliphatic carboxylic acids is 1. The number of hydrogen-bond acceptors (Lipinski definition) is 8. The van der Waals surface area contributed by atoms with E-state index in [0.29, 0.717) is 42.2 Å². The van der Waals surface area contributed by atoms with Gasteiger partial charge < -0.3 is 14.9 Å². The van der Waals surface area contributed by atoms with Crippen molar-refractivity contribution in [1.82, 2.24) is 30.6 Å². The summed E-state index contributed by atoms with van der Waals surface area (Å²) in [4.78, 5) is 16.1. The van der Waals surface area contributed by atoms with Crippen molar-refractivity contribution >= 4 is 5.97 Å². The number of nitrogens with one attached hydrogen (secondary N) is 2. The van der Waals surface area contributed by atoms with Gasteiger partial charge in [-0.2, -0.15) is 0 Å². The number of aliphatic hydroxyl groups excluding tert-OH is 1. The Morgan fingerprint density at radius 3 is 2.71 bits per heavy atom. The Morgan fingerprint density at radius 2 is 2.00 bits per heavy atom. The van der Waals surface area contributed by atoms with Gasteiger partial charge in [0.25, 0.3) is 0 Å². The van der Waals surface area contributed by atoms with Gasteiger partial charge in [0.1, 0.15) is 11.4 Å². The van der Waals surface area contributed by atoms with Gasteiger partial charge in [-0.1, -0.05) is 48.9 Å². The Bertz CT molecular complexity index is 1200. The number of nitrogens with zero attached hydrogens (tertiary/aromatic N) is 4.